The van der Waals surface area contributed by atoms with Crippen LogP contribution in [0.3, 0.4) is 0 Å². The lowest BCUT2D eigenvalue weighted by atomic mass is 10.1. The maximum Gasteiger partial charge on any atom is 0.0431 e. The van der Waals surface area contributed by atoms with Gasteiger partial charge in [-0.3, -0.25) is 4.98 Å². The number of aryl methyl sites for hydroxylation is 2. The lowest BCUT2D eigenvalue weighted by molar-refractivity contribution is 0.991. The number of alkyl halides is 1. The molecule has 14 heavy (non-hydrogen) atoms. The van der Waals surface area contributed by atoms with Gasteiger partial charge in [0.1, 0.15) is 0 Å². The number of pyridine rings is 1. The number of hydrogen-bond acceptors (Lipinski definition) is 1. The lowest BCUT2D eigenvalue weighted by Crippen LogP contribution is -1.87. The molecule has 1 heterocycles. The summed E-state index contributed by atoms with van der Waals surface area (Å²) >= 11 is 5.55. The zero-order valence-corrected chi connectivity index (χ0v) is 9.36. The van der Waals surface area contributed by atoms with Gasteiger partial charge in [0.25, 0.3) is 0 Å². The van der Waals surface area contributed by atoms with E-state index in [2.05, 4.69) is 22.9 Å². The molecular weight excluding hydrogens is 194 g/mol. The molecule has 0 radical (unpaired) electrons. The van der Waals surface area contributed by atoms with E-state index in [1.165, 1.54) is 5.56 Å². The Kier molecular flexibility index (Phi) is 4.49. The molecule has 0 amide bonds. The Morgan fingerprint density at radius 1 is 1.43 bits per heavy atom. The molecule has 0 aliphatic heterocycles. The quantitative estimate of drug-likeness (QED) is 0.413. The Labute approximate surface area is 90.5 Å². The number of rotatable bonds is 2. The van der Waals surface area contributed by atoms with Crippen molar-refractivity contribution in [3.05, 3.63) is 29.1 Å². The molecule has 0 aliphatic carbocycles. The van der Waals surface area contributed by atoms with E-state index < -0.39 is 0 Å². The number of nitrogens with zero attached hydrogens (tertiary/aromatic N) is 1. The van der Waals surface area contributed by atoms with Gasteiger partial charge in [0.2, 0.25) is 0 Å². The lowest BCUT2D eigenvalue weighted by Gasteiger charge is -1.97. The fraction of sp³-hybridized carbons (Fsp3) is 0.417. The zero-order valence-electron chi connectivity index (χ0n) is 8.60. The molecule has 0 aromatic carbocycles. The number of halogens is 1. The third-order valence-corrected chi connectivity index (χ3v) is 2.28. The Morgan fingerprint density at radius 3 is 2.86 bits per heavy atom. The van der Waals surface area contributed by atoms with Crippen molar-refractivity contribution in [2.75, 3.05) is 5.88 Å². The maximum atomic E-state index is 5.55. The summed E-state index contributed by atoms with van der Waals surface area (Å²) in [7, 11) is 0. The molecule has 1 nitrogen and oxygen atoms in total. The predicted octanol–water partition coefficient (Wildman–Crippen LogP) is 3.07. The standard InChI is InChI=1S/C12H14ClN/c1-10-8-12(9-14-11(10)2)6-4-3-5-7-13/h8-9H,3,5,7H2,1-2H3. The molecule has 1 rings (SSSR count). The third kappa shape index (κ3) is 3.40. The van der Waals surface area contributed by atoms with Gasteiger partial charge in [-0.05, 0) is 31.9 Å². The SMILES string of the molecule is Cc1cc(C#CCCCCl)cnc1C. The van der Waals surface area contributed by atoms with E-state index in [-0.39, 0.29) is 0 Å². The summed E-state index contributed by atoms with van der Waals surface area (Å²) in [6.07, 6.45) is 3.62. The molecule has 1 aromatic rings. The van der Waals surface area contributed by atoms with Crippen LogP contribution in [0.1, 0.15) is 29.7 Å². The minimum Gasteiger partial charge on any atom is -0.260 e. The van der Waals surface area contributed by atoms with Crippen molar-refractivity contribution >= 4 is 11.6 Å². The van der Waals surface area contributed by atoms with Crippen LogP contribution in [0.15, 0.2) is 12.3 Å². The third-order valence-electron chi connectivity index (χ3n) is 2.01. The van der Waals surface area contributed by atoms with E-state index in [0.717, 1.165) is 24.1 Å². The van der Waals surface area contributed by atoms with Gasteiger partial charge < -0.3 is 0 Å². The van der Waals surface area contributed by atoms with Gasteiger partial charge in [0.15, 0.2) is 0 Å². The van der Waals surface area contributed by atoms with Crippen molar-refractivity contribution in [3.63, 3.8) is 0 Å². The molecule has 0 spiro atoms. The minimum atomic E-state index is 0.680. The molecular formula is C12H14ClN. The summed E-state index contributed by atoms with van der Waals surface area (Å²) < 4.78 is 0. The first-order valence-corrected chi connectivity index (χ1v) is 5.25. The van der Waals surface area contributed by atoms with E-state index in [1.807, 2.05) is 20.0 Å². The van der Waals surface area contributed by atoms with Crippen molar-refractivity contribution < 1.29 is 0 Å². The second-order valence-corrected chi connectivity index (χ2v) is 3.60. The van der Waals surface area contributed by atoms with E-state index in [4.69, 9.17) is 11.6 Å². The van der Waals surface area contributed by atoms with Gasteiger partial charge in [0.05, 0.1) is 0 Å². The number of hydrogen-bond donors (Lipinski definition) is 0. The average Bonchev–Trinajstić information content (AvgIpc) is 2.18. The molecule has 0 aliphatic rings. The van der Waals surface area contributed by atoms with Crippen LogP contribution in [0.25, 0.3) is 0 Å². The van der Waals surface area contributed by atoms with Crippen LogP contribution in [-0.2, 0) is 0 Å². The molecule has 2 heteroatoms. The Balaban J connectivity index is 2.66. The van der Waals surface area contributed by atoms with Crippen molar-refractivity contribution in [2.45, 2.75) is 26.7 Å². The highest BCUT2D eigenvalue weighted by Gasteiger charge is 1.93. The highest BCUT2D eigenvalue weighted by Crippen LogP contribution is 2.05. The van der Waals surface area contributed by atoms with Gasteiger partial charge in [0, 0.05) is 29.8 Å². The fourth-order valence-corrected chi connectivity index (χ4v) is 1.16. The van der Waals surface area contributed by atoms with Gasteiger partial charge in [-0.25, -0.2) is 0 Å². The maximum absolute atomic E-state index is 5.55. The van der Waals surface area contributed by atoms with Crippen molar-refractivity contribution in [3.8, 4) is 11.8 Å². The molecule has 1 aromatic heterocycles. The zero-order chi connectivity index (χ0) is 10.4. The van der Waals surface area contributed by atoms with E-state index in [9.17, 15) is 0 Å². The first-order valence-electron chi connectivity index (χ1n) is 4.72. The topological polar surface area (TPSA) is 12.9 Å². The second kappa shape index (κ2) is 5.67. The summed E-state index contributed by atoms with van der Waals surface area (Å²) in [5, 5.41) is 0. The van der Waals surface area contributed by atoms with Crippen LogP contribution >= 0.6 is 11.6 Å². The summed E-state index contributed by atoms with van der Waals surface area (Å²) in [6.45, 7) is 4.05. The Hall–Kier alpha value is -1.00. The van der Waals surface area contributed by atoms with Crippen LogP contribution in [0.4, 0.5) is 0 Å². The second-order valence-electron chi connectivity index (χ2n) is 3.22. The Morgan fingerprint density at radius 2 is 2.21 bits per heavy atom. The highest BCUT2D eigenvalue weighted by atomic mass is 35.5. The van der Waals surface area contributed by atoms with E-state index >= 15 is 0 Å². The normalized spacial score (nSPS) is 9.36. The van der Waals surface area contributed by atoms with E-state index in [0.29, 0.717) is 5.88 Å². The molecule has 0 saturated heterocycles. The first kappa shape index (κ1) is 11.1. The molecule has 0 saturated carbocycles. The molecule has 74 valence electrons. The Bertz CT molecular complexity index is 360. The van der Waals surface area contributed by atoms with Crippen molar-refractivity contribution in [1.29, 1.82) is 0 Å². The van der Waals surface area contributed by atoms with Crippen LogP contribution in [-0.4, -0.2) is 10.9 Å². The summed E-state index contributed by atoms with van der Waals surface area (Å²) in [5.41, 5.74) is 3.24. The van der Waals surface area contributed by atoms with Crippen LogP contribution in [0.5, 0.6) is 0 Å². The summed E-state index contributed by atoms with van der Waals surface area (Å²) in [4.78, 5) is 4.25. The van der Waals surface area contributed by atoms with Gasteiger partial charge in [-0.15, -0.1) is 11.6 Å². The summed E-state index contributed by atoms with van der Waals surface area (Å²) in [6, 6.07) is 2.07. The number of unbranched alkanes of at least 4 members (excludes halogenated alkanes) is 1. The van der Waals surface area contributed by atoms with Crippen LogP contribution in [0, 0.1) is 25.7 Å². The van der Waals surface area contributed by atoms with Crippen LogP contribution < -0.4 is 0 Å². The molecule has 0 atom stereocenters. The predicted molar refractivity (Wildman–Crippen MR) is 60.5 cm³/mol. The first-order chi connectivity index (χ1) is 6.74. The van der Waals surface area contributed by atoms with Crippen LogP contribution in [0.2, 0.25) is 0 Å². The van der Waals surface area contributed by atoms with Gasteiger partial charge >= 0.3 is 0 Å². The smallest absolute Gasteiger partial charge is 0.0431 e. The number of aromatic nitrogens is 1. The largest absolute Gasteiger partial charge is 0.260 e. The van der Waals surface area contributed by atoms with E-state index in [1.54, 1.807) is 0 Å². The van der Waals surface area contributed by atoms with Gasteiger partial charge in [-0.2, -0.15) is 0 Å². The van der Waals surface area contributed by atoms with Crippen molar-refractivity contribution in [2.24, 2.45) is 0 Å². The molecule has 0 bridgehead atoms. The molecule has 0 fully saturated rings. The fourth-order valence-electron chi connectivity index (χ4n) is 1.03. The van der Waals surface area contributed by atoms with Gasteiger partial charge in [-0.1, -0.05) is 11.8 Å². The highest BCUT2D eigenvalue weighted by molar-refractivity contribution is 6.17. The average molecular weight is 208 g/mol. The monoisotopic (exact) mass is 207 g/mol. The molecule has 0 unspecified atom stereocenters. The minimum absolute atomic E-state index is 0.680. The summed E-state index contributed by atoms with van der Waals surface area (Å²) in [5.74, 6) is 6.83. The molecule has 0 N–H and O–H groups in total. The van der Waals surface area contributed by atoms with Crippen molar-refractivity contribution in [1.82, 2.24) is 4.98 Å².